The highest BCUT2D eigenvalue weighted by atomic mass is 16.5. The zero-order valence-electron chi connectivity index (χ0n) is 8.25. The van der Waals surface area contributed by atoms with E-state index >= 15 is 0 Å². The van der Waals surface area contributed by atoms with E-state index < -0.39 is 0 Å². The third-order valence-electron chi connectivity index (χ3n) is 1.30. The lowest BCUT2D eigenvalue weighted by atomic mass is 10.2. The number of aliphatic hydroxyl groups excluding tert-OH is 2. The molecule has 0 aromatic heterocycles. The first-order valence-corrected chi connectivity index (χ1v) is 4.54. The molecule has 3 nitrogen and oxygen atoms in total. The third kappa shape index (κ3) is 22.5. The number of methoxy groups -OCH3 is 1. The fraction of sp³-hybridized carbons (Fsp3) is 1.00. The largest absolute Gasteiger partial charge is 0.394 e. The van der Waals surface area contributed by atoms with Gasteiger partial charge in [-0.3, -0.25) is 0 Å². The van der Waals surface area contributed by atoms with Crippen LogP contribution in [0.3, 0.4) is 0 Å². The first-order chi connectivity index (χ1) is 5.83. The van der Waals surface area contributed by atoms with Crippen molar-refractivity contribution in [2.45, 2.75) is 32.6 Å². The van der Waals surface area contributed by atoms with Gasteiger partial charge in [-0.1, -0.05) is 26.2 Å². The zero-order chi connectivity index (χ0) is 9.66. The highest BCUT2D eigenvalue weighted by Gasteiger charge is 1.83. The van der Waals surface area contributed by atoms with Gasteiger partial charge in [0.2, 0.25) is 0 Å². The second kappa shape index (κ2) is 17.1. The molecule has 3 heteroatoms. The Labute approximate surface area is 75.4 Å². The summed E-state index contributed by atoms with van der Waals surface area (Å²) in [6.07, 6.45) is 5.21. The van der Waals surface area contributed by atoms with Gasteiger partial charge >= 0.3 is 0 Å². The molecule has 0 saturated carbocycles. The highest BCUT2D eigenvalue weighted by Crippen LogP contribution is 1.97. The first-order valence-electron chi connectivity index (χ1n) is 4.54. The number of unbranched alkanes of at least 4 members (excludes halogenated alkanes) is 3. The van der Waals surface area contributed by atoms with Crippen LogP contribution in [0.25, 0.3) is 0 Å². The minimum Gasteiger partial charge on any atom is -0.394 e. The van der Waals surface area contributed by atoms with Gasteiger partial charge in [-0.05, 0) is 6.42 Å². The summed E-state index contributed by atoms with van der Waals surface area (Å²) in [5.41, 5.74) is 0. The van der Waals surface area contributed by atoms with E-state index in [9.17, 15) is 0 Å². The van der Waals surface area contributed by atoms with Crippen molar-refractivity contribution < 1.29 is 14.9 Å². The predicted octanol–water partition coefficient (Wildman–Crippen LogP) is 1.18. The Balaban J connectivity index is 0. The molecule has 0 unspecified atom stereocenters. The van der Waals surface area contributed by atoms with Crippen LogP contribution in [0.5, 0.6) is 0 Å². The molecule has 0 heterocycles. The van der Waals surface area contributed by atoms with Gasteiger partial charge in [0.15, 0.2) is 0 Å². The Kier molecular flexibility index (Phi) is 20.5. The van der Waals surface area contributed by atoms with Crippen molar-refractivity contribution in [3.05, 3.63) is 0 Å². The van der Waals surface area contributed by atoms with Gasteiger partial charge in [0, 0.05) is 13.7 Å². The molecule has 0 aliphatic rings. The quantitative estimate of drug-likeness (QED) is 0.600. The Hall–Kier alpha value is -0.120. The predicted molar refractivity (Wildman–Crippen MR) is 50.2 cm³/mol. The van der Waals surface area contributed by atoms with Crippen molar-refractivity contribution in [2.75, 3.05) is 26.9 Å². The first kappa shape index (κ1) is 14.4. The van der Waals surface area contributed by atoms with Gasteiger partial charge in [-0.2, -0.15) is 0 Å². The maximum atomic E-state index is 7.62. The average Bonchev–Trinajstić information content (AvgIpc) is 2.13. The number of rotatable bonds is 6. The Morgan fingerprint density at radius 2 is 1.58 bits per heavy atom. The maximum Gasteiger partial charge on any atom is 0.0662 e. The lowest BCUT2D eigenvalue weighted by molar-refractivity contribution is 0.186. The normalized spacial score (nSPS) is 9.00. The van der Waals surface area contributed by atoms with Crippen LogP contribution in [0.1, 0.15) is 32.6 Å². The van der Waals surface area contributed by atoms with Crippen LogP contribution in [0.15, 0.2) is 0 Å². The topological polar surface area (TPSA) is 49.7 Å². The van der Waals surface area contributed by atoms with Gasteiger partial charge in [-0.15, -0.1) is 0 Å². The van der Waals surface area contributed by atoms with Crippen LogP contribution in [0, 0.1) is 0 Å². The van der Waals surface area contributed by atoms with Crippen LogP contribution >= 0.6 is 0 Å². The summed E-state index contributed by atoms with van der Waals surface area (Å²) < 4.78 is 4.89. The smallest absolute Gasteiger partial charge is 0.0662 e. The van der Waals surface area contributed by atoms with E-state index in [0.29, 0.717) is 0 Å². The van der Waals surface area contributed by atoms with Gasteiger partial charge in [0.05, 0.1) is 13.2 Å². The Bertz CT molecular complexity index is 49.7. The third-order valence-corrected chi connectivity index (χ3v) is 1.30. The van der Waals surface area contributed by atoms with Crippen LogP contribution in [-0.4, -0.2) is 37.1 Å². The van der Waals surface area contributed by atoms with E-state index in [4.69, 9.17) is 14.9 Å². The monoisotopic (exact) mass is 178 g/mol. The van der Waals surface area contributed by atoms with E-state index in [2.05, 4.69) is 6.92 Å². The van der Waals surface area contributed by atoms with Crippen molar-refractivity contribution in [3.8, 4) is 0 Å². The molecule has 76 valence electrons. The van der Waals surface area contributed by atoms with E-state index in [1.54, 1.807) is 7.11 Å². The Morgan fingerprint density at radius 3 is 1.92 bits per heavy atom. The number of hydrogen-bond acceptors (Lipinski definition) is 3. The molecule has 0 saturated heterocycles. The molecule has 0 aromatic rings. The molecule has 0 rings (SSSR count). The summed E-state index contributed by atoms with van der Waals surface area (Å²) in [5.74, 6) is 0. The van der Waals surface area contributed by atoms with Crippen molar-refractivity contribution in [2.24, 2.45) is 0 Å². The fourth-order valence-electron chi connectivity index (χ4n) is 0.673. The van der Waals surface area contributed by atoms with Crippen molar-refractivity contribution in [1.29, 1.82) is 0 Å². The molecule has 0 aliphatic heterocycles. The molecule has 0 aromatic carbocycles. The average molecular weight is 178 g/mol. The molecule has 12 heavy (non-hydrogen) atoms. The van der Waals surface area contributed by atoms with Crippen LogP contribution in [0.4, 0.5) is 0 Å². The fourth-order valence-corrected chi connectivity index (χ4v) is 0.673. The lowest BCUT2D eigenvalue weighted by Gasteiger charge is -1.95. The lowest BCUT2D eigenvalue weighted by Crippen LogP contribution is -1.86. The minimum atomic E-state index is -0.125. The minimum absolute atomic E-state index is 0.125. The van der Waals surface area contributed by atoms with Gasteiger partial charge in [-0.25, -0.2) is 0 Å². The second-order valence-electron chi connectivity index (χ2n) is 2.50. The van der Waals surface area contributed by atoms with Crippen LogP contribution in [-0.2, 0) is 4.74 Å². The summed E-state index contributed by atoms with van der Waals surface area (Å²) in [6, 6.07) is 0. The molecule has 0 bridgehead atoms. The standard InChI is InChI=1S/C7H16O.C2H6O2/c1-3-4-5-6-7-8-2;3-1-2-4/h3-7H2,1-2H3;3-4H,1-2H2. The van der Waals surface area contributed by atoms with Crippen LogP contribution < -0.4 is 0 Å². The molecule has 2 N–H and O–H groups in total. The summed E-state index contributed by atoms with van der Waals surface area (Å²) >= 11 is 0. The molecular weight excluding hydrogens is 156 g/mol. The maximum absolute atomic E-state index is 7.62. The van der Waals surface area contributed by atoms with Crippen molar-refractivity contribution in [3.63, 3.8) is 0 Å². The molecule has 0 aliphatic carbocycles. The SMILES string of the molecule is CCCCCCOC.OCCO. The van der Waals surface area contributed by atoms with Gasteiger partial charge in [0.25, 0.3) is 0 Å². The Morgan fingerprint density at radius 1 is 1.00 bits per heavy atom. The number of hydrogen-bond donors (Lipinski definition) is 2. The summed E-state index contributed by atoms with van der Waals surface area (Å²) in [6.45, 7) is 2.90. The highest BCUT2D eigenvalue weighted by molar-refractivity contribution is 4.37. The molecule has 0 atom stereocenters. The van der Waals surface area contributed by atoms with Gasteiger partial charge < -0.3 is 14.9 Å². The zero-order valence-corrected chi connectivity index (χ0v) is 8.25. The van der Waals surface area contributed by atoms with E-state index in [1.807, 2.05) is 0 Å². The molecule has 0 spiro atoms. The van der Waals surface area contributed by atoms with E-state index in [1.165, 1.54) is 25.7 Å². The van der Waals surface area contributed by atoms with E-state index in [-0.39, 0.29) is 13.2 Å². The van der Waals surface area contributed by atoms with Crippen molar-refractivity contribution >= 4 is 0 Å². The van der Waals surface area contributed by atoms with E-state index in [0.717, 1.165) is 6.61 Å². The molecule has 0 radical (unpaired) electrons. The molecule has 0 amide bonds. The number of ether oxygens (including phenoxy) is 1. The van der Waals surface area contributed by atoms with Crippen LogP contribution in [0.2, 0.25) is 0 Å². The van der Waals surface area contributed by atoms with Crippen molar-refractivity contribution in [1.82, 2.24) is 0 Å². The molecule has 0 fully saturated rings. The summed E-state index contributed by atoms with van der Waals surface area (Å²) in [5, 5.41) is 15.2. The molecular formula is C9H22O3. The summed E-state index contributed by atoms with van der Waals surface area (Å²) in [7, 11) is 1.76. The summed E-state index contributed by atoms with van der Waals surface area (Å²) in [4.78, 5) is 0. The van der Waals surface area contributed by atoms with Gasteiger partial charge in [0.1, 0.15) is 0 Å². The second-order valence-corrected chi connectivity index (χ2v) is 2.50. The number of aliphatic hydroxyl groups is 2.